The van der Waals surface area contributed by atoms with Gasteiger partial charge in [-0.1, -0.05) is 19.1 Å². The molecule has 1 aliphatic carbocycles. The number of thiophene rings is 1. The van der Waals surface area contributed by atoms with Crippen molar-refractivity contribution in [1.29, 1.82) is 0 Å². The molecule has 2 amide bonds. The highest BCUT2D eigenvalue weighted by Gasteiger charge is 2.24. The number of hydrogen-bond acceptors (Lipinski definition) is 4. The van der Waals surface area contributed by atoms with E-state index in [9.17, 15) is 9.59 Å². The molecular weight excluding hydrogens is 348 g/mol. The topological polar surface area (TPSA) is 58.6 Å². The maximum atomic E-state index is 12.5. The predicted octanol–water partition coefficient (Wildman–Crippen LogP) is 3.76. The van der Waals surface area contributed by atoms with Crippen molar-refractivity contribution in [3.63, 3.8) is 0 Å². The first-order valence-electron chi connectivity index (χ1n) is 9.03. The van der Waals surface area contributed by atoms with Gasteiger partial charge in [0.1, 0.15) is 6.61 Å². The van der Waals surface area contributed by atoms with Gasteiger partial charge in [0.05, 0.1) is 11.4 Å². The van der Waals surface area contributed by atoms with Crippen LogP contribution >= 0.6 is 11.3 Å². The Morgan fingerprint density at radius 3 is 3.08 bits per heavy atom. The molecule has 4 rings (SSSR count). The van der Waals surface area contributed by atoms with Crippen LogP contribution in [0.2, 0.25) is 0 Å². The van der Waals surface area contributed by atoms with Gasteiger partial charge < -0.3 is 10.1 Å². The van der Waals surface area contributed by atoms with Crippen LogP contribution in [0.15, 0.2) is 30.3 Å². The minimum Gasteiger partial charge on any atom is -0.447 e. The summed E-state index contributed by atoms with van der Waals surface area (Å²) >= 11 is 1.62. The molecular formula is C20H22N2O3S. The first-order chi connectivity index (χ1) is 12.6. The number of cyclic esters (lactones) is 1. The van der Waals surface area contributed by atoms with Crippen LogP contribution in [-0.4, -0.2) is 25.2 Å². The summed E-state index contributed by atoms with van der Waals surface area (Å²) in [5.41, 5.74) is 3.11. The molecule has 6 heteroatoms. The Hall–Kier alpha value is -2.34. The van der Waals surface area contributed by atoms with Crippen molar-refractivity contribution < 1.29 is 14.3 Å². The zero-order chi connectivity index (χ0) is 18.1. The summed E-state index contributed by atoms with van der Waals surface area (Å²) in [5.74, 6) is 0.677. The standard InChI is InChI=1S/C20H22N2O3S/c1-13-5-6-17-15(9-13)11-18(26-17)19(23)21-12-14-3-2-4-16(10-14)22-7-8-25-20(22)24/h2-4,10-11,13H,5-9,12H2,1H3,(H,21,23). The van der Waals surface area contributed by atoms with Crippen LogP contribution in [0.3, 0.4) is 0 Å². The van der Waals surface area contributed by atoms with Crippen molar-refractivity contribution in [2.24, 2.45) is 5.92 Å². The molecule has 1 aromatic heterocycles. The van der Waals surface area contributed by atoms with Crippen LogP contribution in [0, 0.1) is 5.92 Å². The summed E-state index contributed by atoms with van der Waals surface area (Å²) in [5, 5.41) is 3.00. The van der Waals surface area contributed by atoms with Crippen molar-refractivity contribution in [3.05, 3.63) is 51.2 Å². The summed E-state index contributed by atoms with van der Waals surface area (Å²) in [6.45, 7) is 3.69. The van der Waals surface area contributed by atoms with E-state index in [1.54, 1.807) is 16.2 Å². The monoisotopic (exact) mass is 370 g/mol. The fraction of sp³-hybridized carbons (Fsp3) is 0.400. The number of carbonyl (C=O) groups is 2. The van der Waals surface area contributed by atoms with E-state index in [2.05, 4.69) is 18.3 Å². The first kappa shape index (κ1) is 17.1. The minimum absolute atomic E-state index is 0.0250. The van der Waals surface area contributed by atoms with E-state index >= 15 is 0 Å². The van der Waals surface area contributed by atoms with Crippen molar-refractivity contribution in [3.8, 4) is 0 Å². The van der Waals surface area contributed by atoms with E-state index < -0.39 is 0 Å². The number of ether oxygens (including phenoxy) is 1. The number of anilines is 1. The molecule has 2 aliphatic rings. The number of amides is 2. The van der Waals surface area contributed by atoms with Crippen molar-refractivity contribution >= 4 is 29.0 Å². The molecule has 1 fully saturated rings. The molecule has 0 saturated carbocycles. The number of fused-ring (bicyclic) bond motifs is 1. The second-order valence-electron chi connectivity index (χ2n) is 7.03. The largest absolute Gasteiger partial charge is 0.447 e. The molecule has 136 valence electrons. The van der Waals surface area contributed by atoms with Crippen LogP contribution in [0.4, 0.5) is 10.5 Å². The van der Waals surface area contributed by atoms with Gasteiger partial charge in [0.2, 0.25) is 0 Å². The Balaban J connectivity index is 1.41. The van der Waals surface area contributed by atoms with Crippen LogP contribution in [0.25, 0.3) is 0 Å². The number of nitrogens with one attached hydrogen (secondary N) is 1. The molecule has 2 aromatic rings. The third-order valence-corrected chi connectivity index (χ3v) is 6.23. The number of benzene rings is 1. The maximum Gasteiger partial charge on any atom is 0.414 e. The third kappa shape index (κ3) is 3.46. The molecule has 1 N–H and O–H groups in total. The minimum atomic E-state index is -0.315. The molecule has 0 radical (unpaired) electrons. The van der Waals surface area contributed by atoms with Gasteiger partial charge in [-0.2, -0.15) is 0 Å². The van der Waals surface area contributed by atoms with Crippen molar-refractivity contribution in [2.45, 2.75) is 32.7 Å². The lowest BCUT2D eigenvalue weighted by Crippen LogP contribution is -2.24. The highest BCUT2D eigenvalue weighted by Crippen LogP contribution is 2.32. The zero-order valence-electron chi connectivity index (χ0n) is 14.8. The predicted molar refractivity (Wildman–Crippen MR) is 102 cm³/mol. The maximum absolute atomic E-state index is 12.5. The average Bonchev–Trinajstić information content (AvgIpc) is 3.25. The van der Waals surface area contributed by atoms with Crippen LogP contribution in [0.1, 0.15) is 39.0 Å². The van der Waals surface area contributed by atoms with E-state index in [1.165, 1.54) is 16.9 Å². The second kappa shape index (κ2) is 7.11. The van der Waals surface area contributed by atoms with E-state index in [4.69, 9.17) is 4.74 Å². The van der Waals surface area contributed by atoms with E-state index in [0.717, 1.165) is 29.0 Å². The molecule has 1 saturated heterocycles. The van der Waals surface area contributed by atoms with Gasteiger partial charge in [-0.25, -0.2) is 4.79 Å². The Bertz CT molecular complexity index is 845. The van der Waals surface area contributed by atoms with E-state index in [1.807, 2.05) is 24.3 Å². The van der Waals surface area contributed by atoms with E-state index in [-0.39, 0.29) is 12.0 Å². The molecule has 5 nitrogen and oxygen atoms in total. The number of carbonyl (C=O) groups excluding carboxylic acids is 2. The Morgan fingerprint density at radius 1 is 1.38 bits per heavy atom. The Morgan fingerprint density at radius 2 is 2.27 bits per heavy atom. The van der Waals surface area contributed by atoms with E-state index in [0.29, 0.717) is 25.6 Å². The number of nitrogens with zero attached hydrogens (tertiary/aromatic N) is 1. The normalized spacial score (nSPS) is 19.2. The lowest BCUT2D eigenvalue weighted by atomic mass is 9.90. The SMILES string of the molecule is CC1CCc2sc(C(=O)NCc3cccc(N4CCOC4=O)c3)cc2C1. The van der Waals surface area contributed by atoms with Gasteiger partial charge in [0.25, 0.3) is 5.91 Å². The lowest BCUT2D eigenvalue weighted by molar-refractivity contribution is 0.0955. The van der Waals surface area contributed by atoms with Gasteiger partial charge in [-0.3, -0.25) is 9.69 Å². The molecule has 0 bridgehead atoms. The summed E-state index contributed by atoms with van der Waals surface area (Å²) in [7, 11) is 0. The van der Waals surface area contributed by atoms with Gasteiger partial charge in [0.15, 0.2) is 0 Å². The van der Waals surface area contributed by atoms with Crippen LogP contribution in [-0.2, 0) is 24.1 Å². The highest BCUT2D eigenvalue weighted by atomic mass is 32.1. The third-order valence-electron chi connectivity index (χ3n) is 4.99. The fourth-order valence-electron chi connectivity index (χ4n) is 3.55. The van der Waals surface area contributed by atoms with Crippen LogP contribution in [0.5, 0.6) is 0 Å². The molecule has 1 atom stereocenters. The molecule has 1 aliphatic heterocycles. The fourth-order valence-corrected chi connectivity index (χ4v) is 4.67. The van der Waals surface area contributed by atoms with Gasteiger partial charge in [-0.05, 0) is 54.5 Å². The van der Waals surface area contributed by atoms with Crippen molar-refractivity contribution in [1.82, 2.24) is 5.32 Å². The van der Waals surface area contributed by atoms with Crippen molar-refractivity contribution in [2.75, 3.05) is 18.1 Å². The molecule has 2 heterocycles. The number of aryl methyl sites for hydroxylation is 1. The summed E-state index contributed by atoms with van der Waals surface area (Å²) in [4.78, 5) is 28.0. The summed E-state index contributed by atoms with van der Waals surface area (Å²) in [6, 6.07) is 9.71. The number of hydrogen-bond donors (Lipinski definition) is 1. The molecule has 26 heavy (non-hydrogen) atoms. The second-order valence-corrected chi connectivity index (χ2v) is 8.16. The zero-order valence-corrected chi connectivity index (χ0v) is 15.6. The lowest BCUT2D eigenvalue weighted by Gasteiger charge is -2.16. The molecule has 1 unspecified atom stereocenters. The highest BCUT2D eigenvalue weighted by molar-refractivity contribution is 7.14. The smallest absolute Gasteiger partial charge is 0.414 e. The van der Waals surface area contributed by atoms with Crippen LogP contribution < -0.4 is 10.2 Å². The molecule has 1 aromatic carbocycles. The first-order valence-corrected chi connectivity index (χ1v) is 9.85. The van der Waals surface area contributed by atoms with Gasteiger partial charge in [-0.15, -0.1) is 11.3 Å². The van der Waals surface area contributed by atoms with Gasteiger partial charge >= 0.3 is 6.09 Å². The average molecular weight is 370 g/mol. The summed E-state index contributed by atoms with van der Waals surface area (Å²) < 4.78 is 4.98. The number of rotatable bonds is 4. The quantitative estimate of drug-likeness (QED) is 0.891. The Kier molecular flexibility index (Phi) is 4.68. The summed E-state index contributed by atoms with van der Waals surface area (Å²) in [6.07, 6.45) is 3.06. The molecule has 0 spiro atoms. The van der Waals surface area contributed by atoms with Gasteiger partial charge in [0, 0.05) is 17.1 Å². The Labute approximate surface area is 157 Å².